The normalized spacial score (nSPS) is 12.7. The van der Waals surface area contributed by atoms with E-state index in [0.717, 1.165) is 0 Å². The molecule has 7 nitrogen and oxygen atoms in total. The second kappa shape index (κ2) is 9.79. The molecule has 1 atom stereocenters. The van der Waals surface area contributed by atoms with Crippen LogP contribution in [0.2, 0.25) is 0 Å². The molecule has 0 aromatic heterocycles. The summed E-state index contributed by atoms with van der Waals surface area (Å²) in [4.78, 5) is 23.2. The molecule has 0 aliphatic heterocycles. The Kier molecular flexibility index (Phi) is 8.40. The highest BCUT2D eigenvalue weighted by molar-refractivity contribution is 7.98. The lowest BCUT2D eigenvalue weighted by atomic mass is 10.2. The Hall–Kier alpha value is -1.58. The Labute approximate surface area is 153 Å². The van der Waals surface area contributed by atoms with Gasteiger partial charge in [-0.2, -0.15) is 16.5 Å². The zero-order chi connectivity index (χ0) is 19.0. The Bertz CT molecular complexity index is 687. The van der Waals surface area contributed by atoms with E-state index in [1.165, 1.54) is 43.0 Å². The van der Waals surface area contributed by atoms with E-state index in [9.17, 15) is 18.0 Å². The summed E-state index contributed by atoms with van der Waals surface area (Å²) in [5, 5.41) is 2.56. The van der Waals surface area contributed by atoms with Gasteiger partial charge in [-0.15, -0.1) is 0 Å². The van der Waals surface area contributed by atoms with Gasteiger partial charge in [0.25, 0.3) is 0 Å². The number of benzene rings is 1. The van der Waals surface area contributed by atoms with E-state index >= 15 is 0 Å². The first-order chi connectivity index (χ1) is 11.7. The van der Waals surface area contributed by atoms with Crippen molar-refractivity contribution in [1.82, 2.24) is 4.72 Å². The molecule has 0 bridgehead atoms. The molecule has 0 fully saturated rings. The van der Waals surface area contributed by atoms with Crippen molar-refractivity contribution in [1.29, 1.82) is 0 Å². The smallest absolute Gasteiger partial charge is 0.324 e. The number of carbonyl (C=O) groups is 2. The number of carbonyl (C=O) groups excluding carboxylic acids is 2. The summed E-state index contributed by atoms with van der Waals surface area (Å²) in [6, 6.07) is 4.76. The fourth-order valence-corrected chi connectivity index (χ4v) is 3.64. The second-order valence-corrected chi connectivity index (χ2v) is 8.35. The Morgan fingerprint density at radius 1 is 1.20 bits per heavy atom. The molecule has 1 rings (SSSR count). The van der Waals surface area contributed by atoms with Crippen LogP contribution >= 0.6 is 11.8 Å². The highest BCUT2D eigenvalue weighted by Crippen LogP contribution is 2.16. The van der Waals surface area contributed by atoms with Crippen molar-refractivity contribution in [2.45, 2.75) is 44.2 Å². The topological polar surface area (TPSA) is 102 Å². The van der Waals surface area contributed by atoms with Crippen molar-refractivity contribution >= 4 is 39.3 Å². The third kappa shape index (κ3) is 7.45. The number of sulfonamides is 1. The first kappa shape index (κ1) is 21.5. The third-order valence-corrected chi connectivity index (χ3v) is 5.16. The zero-order valence-corrected chi connectivity index (χ0v) is 16.4. The van der Waals surface area contributed by atoms with E-state index in [-0.39, 0.29) is 16.9 Å². The minimum absolute atomic E-state index is 0.00750. The summed E-state index contributed by atoms with van der Waals surface area (Å²) >= 11 is 1.51. The lowest BCUT2D eigenvalue weighted by molar-refractivity contribution is -0.149. The fraction of sp³-hybridized carbons (Fsp3) is 0.500. The number of anilines is 1. The Balaban J connectivity index is 2.93. The van der Waals surface area contributed by atoms with Crippen LogP contribution in [-0.2, 0) is 24.3 Å². The molecule has 9 heteroatoms. The van der Waals surface area contributed by atoms with Crippen LogP contribution in [0.3, 0.4) is 0 Å². The molecule has 0 aliphatic carbocycles. The molecule has 2 N–H and O–H groups in total. The summed E-state index contributed by atoms with van der Waals surface area (Å²) < 4.78 is 32.6. The van der Waals surface area contributed by atoms with Gasteiger partial charge < -0.3 is 10.1 Å². The van der Waals surface area contributed by atoms with Crippen LogP contribution in [0.1, 0.15) is 27.2 Å². The molecule has 25 heavy (non-hydrogen) atoms. The van der Waals surface area contributed by atoms with Crippen molar-refractivity contribution in [3.63, 3.8) is 0 Å². The largest absolute Gasteiger partial charge is 0.462 e. The van der Waals surface area contributed by atoms with E-state index in [4.69, 9.17) is 4.74 Å². The predicted octanol–water partition coefficient (Wildman–Crippen LogP) is 2.00. The van der Waals surface area contributed by atoms with Gasteiger partial charge in [0.1, 0.15) is 6.04 Å². The predicted molar refractivity (Wildman–Crippen MR) is 99.1 cm³/mol. The monoisotopic (exact) mass is 388 g/mol. The van der Waals surface area contributed by atoms with Crippen molar-refractivity contribution in [2.24, 2.45) is 0 Å². The highest BCUT2D eigenvalue weighted by atomic mass is 32.2. The molecule has 0 heterocycles. The van der Waals surface area contributed by atoms with Crippen LogP contribution in [0.4, 0.5) is 5.69 Å². The fourth-order valence-electron chi connectivity index (χ4n) is 1.95. The molecule has 1 amide bonds. The lowest BCUT2D eigenvalue weighted by Gasteiger charge is -2.19. The summed E-state index contributed by atoms with van der Waals surface area (Å²) in [5.41, 5.74) is 0.490. The zero-order valence-electron chi connectivity index (χ0n) is 14.7. The number of nitrogens with one attached hydrogen (secondary N) is 2. The quantitative estimate of drug-likeness (QED) is 0.628. The van der Waals surface area contributed by atoms with Gasteiger partial charge in [0, 0.05) is 12.6 Å². The molecule has 1 aromatic rings. The van der Waals surface area contributed by atoms with Gasteiger partial charge in [-0.05, 0) is 56.5 Å². The van der Waals surface area contributed by atoms with Crippen molar-refractivity contribution in [3.8, 4) is 0 Å². The molecule has 0 spiro atoms. The number of hydrogen-bond acceptors (Lipinski definition) is 6. The number of rotatable bonds is 9. The van der Waals surface area contributed by atoms with Crippen LogP contribution in [0.5, 0.6) is 0 Å². The van der Waals surface area contributed by atoms with Crippen LogP contribution in [0.25, 0.3) is 0 Å². The second-order valence-electron chi connectivity index (χ2n) is 5.65. The van der Waals surface area contributed by atoms with Gasteiger partial charge in [0.15, 0.2) is 0 Å². The molecular weight excluding hydrogens is 364 g/mol. The number of amides is 1. The summed E-state index contributed by atoms with van der Waals surface area (Å²) in [6.45, 7) is 4.78. The van der Waals surface area contributed by atoms with Crippen molar-refractivity contribution in [2.75, 3.05) is 17.3 Å². The SMILES string of the molecule is CSCCC(NS(=O)(=O)c1ccc(NC(C)=O)cc1)C(=O)OC(C)C. The maximum absolute atomic E-state index is 12.5. The first-order valence-electron chi connectivity index (χ1n) is 7.75. The number of ether oxygens (including phenoxy) is 1. The Morgan fingerprint density at radius 3 is 2.28 bits per heavy atom. The molecule has 0 aliphatic rings. The summed E-state index contributed by atoms with van der Waals surface area (Å²) in [6.07, 6.45) is 1.88. The van der Waals surface area contributed by atoms with Crippen molar-refractivity contribution < 1.29 is 22.7 Å². The standard InChI is InChI=1S/C16H24N2O5S2/c1-11(2)23-16(20)15(9-10-24-4)18-25(21,22)14-7-5-13(6-8-14)17-12(3)19/h5-8,11,15,18H,9-10H2,1-4H3,(H,17,19). The van der Waals surface area contributed by atoms with Gasteiger partial charge in [-0.25, -0.2) is 8.42 Å². The van der Waals surface area contributed by atoms with E-state index in [1.807, 2.05) is 6.26 Å². The van der Waals surface area contributed by atoms with Gasteiger partial charge >= 0.3 is 5.97 Å². The average molecular weight is 389 g/mol. The third-order valence-electron chi connectivity index (χ3n) is 3.03. The first-order valence-corrected chi connectivity index (χ1v) is 10.6. The molecule has 0 saturated carbocycles. The van der Waals surface area contributed by atoms with E-state index in [0.29, 0.717) is 17.9 Å². The minimum atomic E-state index is -3.89. The maximum atomic E-state index is 12.5. The van der Waals surface area contributed by atoms with Crippen LogP contribution in [0.15, 0.2) is 29.2 Å². The van der Waals surface area contributed by atoms with E-state index in [1.54, 1.807) is 13.8 Å². The van der Waals surface area contributed by atoms with Gasteiger partial charge in [0.05, 0.1) is 11.0 Å². The molecule has 140 valence electrons. The molecule has 1 unspecified atom stereocenters. The number of thioether (sulfide) groups is 1. The van der Waals surface area contributed by atoms with Crippen molar-refractivity contribution in [3.05, 3.63) is 24.3 Å². The van der Waals surface area contributed by atoms with Crippen LogP contribution in [-0.4, -0.2) is 44.4 Å². The number of esters is 1. The molecule has 1 aromatic carbocycles. The summed E-state index contributed by atoms with van der Waals surface area (Å²) in [7, 11) is -3.89. The van der Waals surface area contributed by atoms with Gasteiger partial charge in [0.2, 0.25) is 15.9 Å². The van der Waals surface area contributed by atoms with Gasteiger partial charge in [-0.3, -0.25) is 9.59 Å². The van der Waals surface area contributed by atoms with E-state index < -0.39 is 22.0 Å². The molecular formula is C16H24N2O5S2. The van der Waals surface area contributed by atoms with Gasteiger partial charge in [-0.1, -0.05) is 0 Å². The number of hydrogen-bond donors (Lipinski definition) is 2. The minimum Gasteiger partial charge on any atom is -0.462 e. The summed E-state index contributed by atoms with van der Waals surface area (Å²) in [5.74, 6) is -0.230. The highest BCUT2D eigenvalue weighted by Gasteiger charge is 2.27. The molecule has 0 saturated heterocycles. The average Bonchev–Trinajstić information content (AvgIpc) is 2.50. The maximum Gasteiger partial charge on any atom is 0.324 e. The Morgan fingerprint density at radius 2 is 1.80 bits per heavy atom. The molecule has 0 radical (unpaired) electrons. The van der Waals surface area contributed by atoms with Crippen LogP contribution < -0.4 is 10.0 Å². The van der Waals surface area contributed by atoms with E-state index in [2.05, 4.69) is 10.0 Å². The van der Waals surface area contributed by atoms with Crippen LogP contribution in [0, 0.1) is 0 Å². The lowest BCUT2D eigenvalue weighted by Crippen LogP contribution is -2.42.